The lowest BCUT2D eigenvalue weighted by molar-refractivity contribution is -0.115. The highest BCUT2D eigenvalue weighted by molar-refractivity contribution is 6.32. The summed E-state index contributed by atoms with van der Waals surface area (Å²) < 4.78 is 0. The summed E-state index contributed by atoms with van der Waals surface area (Å²) in [6, 6.07) is 8.91. The second-order valence-corrected chi connectivity index (χ2v) is 6.08. The minimum absolute atomic E-state index is 0.0225. The normalized spacial score (nSPS) is 14.8. The summed E-state index contributed by atoms with van der Waals surface area (Å²) in [5.41, 5.74) is 10.8. The Morgan fingerprint density at radius 1 is 1.19 bits per heavy atom. The van der Waals surface area contributed by atoms with Gasteiger partial charge in [-0.05, 0) is 53.4 Å². The van der Waals surface area contributed by atoms with Gasteiger partial charge in [0.15, 0.2) is 0 Å². The molecule has 0 fully saturated rings. The largest absolute Gasteiger partial charge is 0.325 e. The van der Waals surface area contributed by atoms with Crippen molar-refractivity contribution in [1.82, 2.24) is 0 Å². The summed E-state index contributed by atoms with van der Waals surface area (Å²) in [7, 11) is 0. The van der Waals surface area contributed by atoms with E-state index in [0.717, 1.165) is 27.9 Å². The molecule has 0 aromatic heterocycles. The maximum Gasteiger partial charge on any atom is 0.228 e. The average molecular weight is 321 g/mol. The number of hydrogen-bond donors (Lipinski definition) is 2. The molecule has 0 spiro atoms. The summed E-state index contributed by atoms with van der Waals surface area (Å²) in [4.78, 5) is 11.5. The number of carbonyl (C=O) groups excluding carboxylic acids is 1. The van der Waals surface area contributed by atoms with Crippen molar-refractivity contribution in [3.8, 4) is 0 Å². The number of nitrogens with one attached hydrogen (secondary N) is 1. The lowest BCUT2D eigenvalue weighted by atomic mass is 9.94. The average Bonchev–Trinajstić information content (AvgIpc) is 2.79. The first-order chi connectivity index (χ1) is 9.95. The third-order valence-corrected chi connectivity index (χ3v) is 4.32. The second kappa shape index (κ2) is 5.34. The van der Waals surface area contributed by atoms with E-state index in [1.807, 2.05) is 31.2 Å². The second-order valence-electron chi connectivity index (χ2n) is 5.23. The Morgan fingerprint density at radius 2 is 1.95 bits per heavy atom. The molecule has 5 heteroatoms. The van der Waals surface area contributed by atoms with Gasteiger partial charge in [0.05, 0.1) is 12.5 Å². The predicted octanol–water partition coefficient (Wildman–Crippen LogP) is 3.84. The first-order valence-electron chi connectivity index (χ1n) is 6.59. The molecule has 108 valence electrons. The molecule has 1 amide bonds. The minimum Gasteiger partial charge on any atom is -0.325 e. The van der Waals surface area contributed by atoms with Crippen molar-refractivity contribution in [1.29, 1.82) is 0 Å². The lowest BCUT2D eigenvalue weighted by Crippen LogP contribution is -2.14. The van der Waals surface area contributed by atoms with Gasteiger partial charge in [-0.1, -0.05) is 29.3 Å². The number of amides is 1. The van der Waals surface area contributed by atoms with Crippen molar-refractivity contribution in [3.05, 3.63) is 62.6 Å². The molecule has 2 aromatic rings. The topological polar surface area (TPSA) is 55.1 Å². The molecule has 3 nitrogen and oxygen atoms in total. The molecule has 1 atom stereocenters. The monoisotopic (exact) mass is 320 g/mol. The molecule has 0 radical (unpaired) electrons. The molecule has 1 unspecified atom stereocenters. The standard InChI is InChI=1S/C16H14Cl2N2O/c1-8-2-3-10(17)6-11(8)16(19)12-4-9-5-15(21)20-14(9)7-13(12)18/h2-4,6-7,16H,5,19H2,1H3,(H,20,21). The number of aryl methyl sites for hydroxylation is 1. The smallest absolute Gasteiger partial charge is 0.228 e. The van der Waals surface area contributed by atoms with Crippen molar-refractivity contribution in [2.75, 3.05) is 5.32 Å². The van der Waals surface area contributed by atoms with Crippen LogP contribution >= 0.6 is 23.2 Å². The third-order valence-electron chi connectivity index (χ3n) is 3.76. The van der Waals surface area contributed by atoms with Crippen molar-refractivity contribution >= 4 is 34.8 Å². The van der Waals surface area contributed by atoms with Gasteiger partial charge in [-0.25, -0.2) is 0 Å². The van der Waals surface area contributed by atoms with Gasteiger partial charge >= 0.3 is 0 Å². The van der Waals surface area contributed by atoms with Crippen LogP contribution in [0, 0.1) is 6.92 Å². The van der Waals surface area contributed by atoms with Gasteiger partial charge < -0.3 is 11.1 Å². The van der Waals surface area contributed by atoms with Crippen LogP contribution in [0.1, 0.15) is 28.3 Å². The van der Waals surface area contributed by atoms with Gasteiger partial charge in [0, 0.05) is 15.7 Å². The van der Waals surface area contributed by atoms with Crippen LogP contribution in [0.3, 0.4) is 0 Å². The summed E-state index contributed by atoms with van der Waals surface area (Å²) in [5.74, 6) is -0.0225. The number of nitrogens with two attached hydrogens (primary N) is 1. The number of hydrogen-bond acceptors (Lipinski definition) is 2. The van der Waals surface area contributed by atoms with Crippen LogP contribution in [0.15, 0.2) is 30.3 Å². The van der Waals surface area contributed by atoms with E-state index in [1.54, 1.807) is 6.07 Å². The molecule has 21 heavy (non-hydrogen) atoms. The van der Waals surface area contributed by atoms with Gasteiger partial charge in [-0.2, -0.15) is 0 Å². The summed E-state index contributed by atoms with van der Waals surface area (Å²) in [5, 5.41) is 3.96. The summed E-state index contributed by atoms with van der Waals surface area (Å²) in [6.45, 7) is 1.98. The fourth-order valence-electron chi connectivity index (χ4n) is 2.62. The fourth-order valence-corrected chi connectivity index (χ4v) is 3.08. The molecule has 2 aromatic carbocycles. The van der Waals surface area contributed by atoms with E-state index >= 15 is 0 Å². The van der Waals surface area contributed by atoms with Crippen LogP contribution < -0.4 is 11.1 Å². The first-order valence-corrected chi connectivity index (χ1v) is 7.35. The van der Waals surface area contributed by atoms with Gasteiger partial charge in [0.25, 0.3) is 0 Å². The molecular formula is C16H14Cl2N2O. The number of benzene rings is 2. The molecule has 3 N–H and O–H groups in total. The van der Waals surface area contributed by atoms with Crippen molar-refractivity contribution < 1.29 is 4.79 Å². The van der Waals surface area contributed by atoms with Crippen molar-refractivity contribution in [2.24, 2.45) is 5.73 Å². The molecule has 0 saturated heterocycles. The van der Waals surface area contributed by atoms with E-state index in [2.05, 4.69) is 5.32 Å². The molecule has 3 rings (SSSR count). The molecule has 1 aliphatic rings. The first kappa shape index (κ1) is 14.4. The van der Waals surface area contributed by atoms with Crippen LogP contribution in [-0.4, -0.2) is 5.91 Å². The highest BCUT2D eigenvalue weighted by atomic mass is 35.5. The number of anilines is 1. The Balaban J connectivity index is 2.06. The van der Waals surface area contributed by atoms with Gasteiger partial charge in [-0.15, -0.1) is 0 Å². The van der Waals surface area contributed by atoms with Crippen LogP contribution in [0.5, 0.6) is 0 Å². The molecule has 0 bridgehead atoms. The molecule has 0 aliphatic carbocycles. The third kappa shape index (κ3) is 2.64. The lowest BCUT2D eigenvalue weighted by Gasteiger charge is -2.18. The Morgan fingerprint density at radius 3 is 2.71 bits per heavy atom. The predicted molar refractivity (Wildman–Crippen MR) is 86.0 cm³/mol. The van der Waals surface area contributed by atoms with E-state index in [-0.39, 0.29) is 11.9 Å². The van der Waals surface area contributed by atoms with E-state index in [4.69, 9.17) is 28.9 Å². The number of rotatable bonds is 2. The van der Waals surface area contributed by atoms with Gasteiger partial charge in [-0.3, -0.25) is 4.79 Å². The zero-order valence-electron chi connectivity index (χ0n) is 11.4. The Bertz CT molecular complexity index is 743. The van der Waals surface area contributed by atoms with Crippen LogP contribution in [0.25, 0.3) is 0 Å². The molecule has 1 heterocycles. The van der Waals surface area contributed by atoms with Gasteiger partial charge in [0.2, 0.25) is 5.91 Å². The summed E-state index contributed by atoms with van der Waals surface area (Å²) >= 11 is 12.4. The zero-order chi connectivity index (χ0) is 15.1. The Labute approximate surface area is 133 Å². The van der Waals surface area contributed by atoms with Crippen LogP contribution in [0.2, 0.25) is 10.0 Å². The summed E-state index contributed by atoms with van der Waals surface area (Å²) in [6.07, 6.45) is 0.362. The molecule has 0 saturated carbocycles. The van der Waals surface area contributed by atoms with Crippen LogP contribution in [0.4, 0.5) is 5.69 Å². The van der Waals surface area contributed by atoms with Crippen molar-refractivity contribution in [3.63, 3.8) is 0 Å². The molecule has 1 aliphatic heterocycles. The number of carbonyl (C=O) groups is 1. The molecular weight excluding hydrogens is 307 g/mol. The fraction of sp³-hybridized carbons (Fsp3) is 0.188. The Hall–Kier alpha value is -1.55. The van der Waals surface area contributed by atoms with Gasteiger partial charge in [0.1, 0.15) is 0 Å². The minimum atomic E-state index is -0.378. The number of halogens is 2. The van der Waals surface area contributed by atoms with Crippen LogP contribution in [-0.2, 0) is 11.2 Å². The number of fused-ring (bicyclic) bond motifs is 1. The van der Waals surface area contributed by atoms with E-state index in [9.17, 15) is 4.79 Å². The van der Waals surface area contributed by atoms with E-state index < -0.39 is 0 Å². The maximum atomic E-state index is 11.5. The van der Waals surface area contributed by atoms with E-state index in [0.29, 0.717) is 16.5 Å². The zero-order valence-corrected chi connectivity index (χ0v) is 12.9. The SMILES string of the molecule is Cc1ccc(Cl)cc1C(N)c1cc2c(cc1Cl)NC(=O)C2. The Kier molecular flexibility index (Phi) is 3.66. The van der Waals surface area contributed by atoms with Crippen molar-refractivity contribution in [2.45, 2.75) is 19.4 Å². The highest BCUT2D eigenvalue weighted by Gasteiger charge is 2.22. The quantitative estimate of drug-likeness (QED) is 0.883. The van der Waals surface area contributed by atoms with E-state index in [1.165, 1.54) is 0 Å². The maximum absolute atomic E-state index is 11.5. The highest BCUT2D eigenvalue weighted by Crippen LogP contribution is 2.35.